The van der Waals surface area contributed by atoms with Crippen LogP contribution in [0.3, 0.4) is 0 Å². The van der Waals surface area contributed by atoms with Crippen molar-refractivity contribution in [1.82, 2.24) is 4.90 Å². The van der Waals surface area contributed by atoms with Crippen LogP contribution < -0.4 is 0 Å². The molecular formula is C17H14BrClN2OS. The van der Waals surface area contributed by atoms with Crippen LogP contribution in [0.15, 0.2) is 58.0 Å². The first-order chi connectivity index (χ1) is 11.0. The van der Waals surface area contributed by atoms with Crippen molar-refractivity contribution in [3.8, 4) is 0 Å². The number of carbonyl (C=O) groups excluding carboxylic acids is 1. The van der Waals surface area contributed by atoms with Crippen molar-refractivity contribution in [3.05, 3.63) is 63.6 Å². The molecule has 3 nitrogen and oxygen atoms in total. The lowest BCUT2D eigenvalue weighted by Crippen LogP contribution is -2.32. The molecule has 0 spiro atoms. The van der Waals surface area contributed by atoms with E-state index in [0.717, 1.165) is 15.3 Å². The van der Waals surface area contributed by atoms with Crippen molar-refractivity contribution in [2.45, 2.75) is 12.2 Å². The number of halogens is 2. The van der Waals surface area contributed by atoms with Gasteiger partial charge in [-0.1, -0.05) is 42.4 Å². The lowest BCUT2D eigenvalue weighted by Gasteiger charge is -2.17. The molecule has 0 bridgehead atoms. The fourth-order valence-corrected chi connectivity index (χ4v) is 3.89. The highest BCUT2D eigenvalue weighted by Crippen LogP contribution is 2.31. The number of hydrogen-bond acceptors (Lipinski definition) is 3. The maximum Gasteiger partial charge on any atom is 0.261 e. The van der Waals surface area contributed by atoms with E-state index in [1.54, 1.807) is 28.8 Å². The van der Waals surface area contributed by atoms with Crippen LogP contribution >= 0.6 is 39.3 Å². The summed E-state index contributed by atoms with van der Waals surface area (Å²) in [6.07, 6.45) is 0. The van der Waals surface area contributed by atoms with E-state index < -0.39 is 0 Å². The first kappa shape index (κ1) is 16.6. The summed E-state index contributed by atoms with van der Waals surface area (Å²) in [7, 11) is 0. The van der Waals surface area contributed by atoms with Gasteiger partial charge in [-0.3, -0.25) is 9.69 Å². The number of hydrogen-bond donors (Lipinski definition) is 0. The minimum Gasteiger partial charge on any atom is -0.286 e. The van der Waals surface area contributed by atoms with Gasteiger partial charge in [0.25, 0.3) is 5.91 Å². The summed E-state index contributed by atoms with van der Waals surface area (Å²) in [6.45, 7) is 2.74. The average molecular weight is 410 g/mol. The van der Waals surface area contributed by atoms with E-state index in [0.29, 0.717) is 22.4 Å². The van der Waals surface area contributed by atoms with Crippen LogP contribution in [0, 0.1) is 0 Å². The lowest BCUT2D eigenvalue weighted by molar-refractivity contribution is 0.0854. The molecule has 1 aliphatic heterocycles. The highest BCUT2D eigenvalue weighted by Gasteiger charge is 2.32. The fraction of sp³-hybridized carbons (Fsp3) is 0.176. The van der Waals surface area contributed by atoms with Gasteiger partial charge in [0.2, 0.25) is 0 Å². The van der Waals surface area contributed by atoms with Gasteiger partial charge < -0.3 is 0 Å². The Hall–Kier alpha value is -1.30. The SMILES string of the molecule is C[C@H]1CN(C(=O)c2ccccc2Br)C(=Nc2ccc(Cl)cc2)S1. The summed E-state index contributed by atoms with van der Waals surface area (Å²) in [6, 6.07) is 14.7. The number of amides is 1. The first-order valence-electron chi connectivity index (χ1n) is 7.12. The van der Waals surface area contributed by atoms with Crippen LogP contribution in [0.4, 0.5) is 5.69 Å². The van der Waals surface area contributed by atoms with Crippen LogP contribution in [0.5, 0.6) is 0 Å². The molecule has 118 valence electrons. The number of thioether (sulfide) groups is 1. The van der Waals surface area contributed by atoms with Crippen LogP contribution in [0.1, 0.15) is 17.3 Å². The Bertz CT molecular complexity index is 763. The van der Waals surface area contributed by atoms with Crippen LogP contribution in [-0.4, -0.2) is 27.8 Å². The second-order valence-electron chi connectivity index (χ2n) is 5.19. The maximum absolute atomic E-state index is 12.8. The van der Waals surface area contributed by atoms with Gasteiger partial charge in [0.05, 0.1) is 11.3 Å². The first-order valence-corrected chi connectivity index (χ1v) is 9.17. The largest absolute Gasteiger partial charge is 0.286 e. The van der Waals surface area contributed by atoms with E-state index in [4.69, 9.17) is 11.6 Å². The zero-order chi connectivity index (χ0) is 16.4. The molecule has 1 fully saturated rings. The van der Waals surface area contributed by atoms with Gasteiger partial charge in [-0.2, -0.15) is 0 Å². The third kappa shape index (κ3) is 3.79. The van der Waals surface area contributed by atoms with E-state index in [-0.39, 0.29) is 5.91 Å². The molecule has 0 saturated carbocycles. The molecule has 1 saturated heterocycles. The molecule has 23 heavy (non-hydrogen) atoms. The topological polar surface area (TPSA) is 32.7 Å². The van der Waals surface area contributed by atoms with Gasteiger partial charge >= 0.3 is 0 Å². The molecular weight excluding hydrogens is 396 g/mol. The molecule has 0 unspecified atom stereocenters. The second-order valence-corrected chi connectivity index (χ2v) is 7.89. The van der Waals surface area contributed by atoms with Gasteiger partial charge in [0.15, 0.2) is 5.17 Å². The number of amidine groups is 1. The second kappa shape index (κ2) is 7.07. The Kier molecular flexibility index (Phi) is 5.09. The Morgan fingerprint density at radius 1 is 1.26 bits per heavy atom. The van der Waals surface area contributed by atoms with Crippen LogP contribution in [0.2, 0.25) is 5.02 Å². The molecule has 0 aliphatic carbocycles. The van der Waals surface area contributed by atoms with Crippen molar-refractivity contribution >= 4 is 56.1 Å². The van der Waals surface area contributed by atoms with Gasteiger partial charge in [-0.15, -0.1) is 0 Å². The number of benzene rings is 2. The summed E-state index contributed by atoms with van der Waals surface area (Å²) < 4.78 is 0.792. The van der Waals surface area contributed by atoms with Gasteiger partial charge in [0.1, 0.15) is 0 Å². The summed E-state index contributed by atoms with van der Waals surface area (Å²) in [5.41, 5.74) is 1.43. The van der Waals surface area contributed by atoms with Crippen molar-refractivity contribution in [3.63, 3.8) is 0 Å². The molecule has 1 aliphatic rings. The van der Waals surface area contributed by atoms with Crippen LogP contribution in [-0.2, 0) is 0 Å². The Morgan fingerprint density at radius 2 is 1.96 bits per heavy atom. The minimum absolute atomic E-state index is 0.0398. The van der Waals surface area contributed by atoms with Gasteiger partial charge in [-0.25, -0.2) is 4.99 Å². The average Bonchev–Trinajstić information content (AvgIpc) is 2.90. The molecule has 1 heterocycles. The molecule has 0 aromatic heterocycles. The normalized spacial score (nSPS) is 19.3. The van der Waals surface area contributed by atoms with Crippen molar-refractivity contribution < 1.29 is 4.79 Å². The lowest BCUT2D eigenvalue weighted by atomic mass is 10.2. The maximum atomic E-state index is 12.8. The molecule has 2 aromatic rings. The third-order valence-electron chi connectivity index (χ3n) is 3.38. The zero-order valence-corrected chi connectivity index (χ0v) is 15.5. The molecule has 0 N–H and O–H groups in total. The van der Waals surface area contributed by atoms with Gasteiger partial charge in [-0.05, 0) is 52.3 Å². The molecule has 0 radical (unpaired) electrons. The highest BCUT2D eigenvalue weighted by atomic mass is 79.9. The highest BCUT2D eigenvalue weighted by molar-refractivity contribution is 9.10. The Labute approximate surface area is 152 Å². The number of rotatable bonds is 2. The summed E-state index contributed by atoms with van der Waals surface area (Å²) in [5.74, 6) is -0.0398. The molecule has 1 amide bonds. The Balaban J connectivity index is 1.92. The van der Waals surface area contributed by atoms with Crippen LogP contribution in [0.25, 0.3) is 0 Å². The molecule has 6 heteroatoms. The molecule has 1 atom stereocenters. The minimum atomic E-state index is -0.0398. The van der Waals surface area contributed by atoms with Crippen molar-refractivity contribution in [1.29, 1.82) is 0 Å². The van der Waals surface area contributed by atoms with E-state index in [1.165, 1.54) is 0 Å². The monoisotopic (exact) mass is 408 g/mol. The standard InChI is InChI=1S/C17H14BrClN2OS/c1-11-10-21(16(22)14-4-2-3-5-15(14)18)17(23-11)20-13-8-6-12(19)7-9-13/h2-9,11H,10H2,1H3/t11-/m0/s1. The smallest absolute Gasteiger partial charge is 0.261 e. The summed E-state index contributed by atoms with van der Waals surface area (Å²) in [4.78, 5) is 19.2. The third-order valence-corrected chi connectivity index (χ3v) is 5.40. The summed E-state index contributed by atoms with van der Waals surface area (Å²) in [5, 5.41) is 1.70. The summed E-state index contributed by atoms with van der Waals surface area (Å²) >= 11 is 11.0. The molecule has 3 rings (SSSR count). The van der Waals surface area contributed by atoms with E-state index in [2.05, 4.69) is 27.8 Å². The predicted molar refractivity (Wildman–Crippen MR) is 101 cm³/mol. The number of aliphatic imine (C=N–C) groups is 1. The number of nitrogens with zero attached hydrogens (tertiary/aromatic N) is 2. The van der Waals surface area contributed by atoms with Gasteiger partial charge in [0, 0.05) is 21.3 Å². The van der Waals surface area contributed by atoms with E-state index >= 15 is 0 Å². The number of carbonyl (C=O) groups is 1. The predicted octanol–water partition coefficient (Wildman–Crippen LogP) is 5.37. The van der Waals surface area contributed by atoms with Crippen molar-refractivity contribution in [2.24, 2.45) is 4.99 Å². The van der Waals surface area contributed by atoms with E-state index in [9.17, 15) is 4.79 Å². The van der Waals surface area contributed by atoms with Crippen molar-refractivity contribution in [2.75, 3.05) is 6.54 Å². The quantitative estimate of drug-likeness (QED) is 0.668. The Morgan fingerprint density at radius 3 is 2.65 bits per heavy atom. The molecule has 2 aromatic carbocycles. The fourth-order valence-electron chi connectivity index (χ4n) is 2.28. The zero-order valence-electron chi connectivity index (χ0n) is 12.4. The van der Waals surface area contributed by atoms with E-state index in [1.807, 2.05) is 36.4 Å².